The molecule has 11 heteroatoms. The van der Waals surface area contributed by atoms with Gasteiger partial charge >= 0.3 is 29.8 Å². The fourth-order valence-corrected chi connectivity index (χ4v) is 8.91. The van der Waals surface area contributed by atoms with E-state index >= 15 is 0 Å². The SMILES string of the molecule is [C-]#[N+]CCOC(=O)C(CC)CC1(CC(C)(CC(C)(CC(C)(C)C(=O)OC2CC3CCC2(C)C3(C)C)C(C)=O)C(=O)O)CC(=O)OC1=O. The summed E-state index contributed by atoms with van der Waals surface area (Å²) in [5.41, 5.74) is -5.99. The molecular weight excluding hydrogens is 606 g/mol. The normalized spacial score (nSPS) is 29.6. The van der Waals surface area contributed by atoms with E-state index in [0.717, 1.165) is 19.3 Å². The summed E-state index contributed by atoms with van der Waals surface area (Å²) in [6, 6.07) is 0. The third-order valence-corrected chi connectivity index (χ3v) is 12.3. The van der Waals surface area contributed by atoms with Gasteiger partial charge in [-0.25, -0.2) is 6.57 Å². The molecule has 1 heterocycles. The minimum absolute atomic E-state index is 0.00532. The first-order valence-corrected chi connectivity index (χ1v) is 16.7. The zero-order valence-corrected chi connectivity index (χ0v) is 29.6. The second kappa shape index (κ2) is 13.3. The summed E-state index contributed by atoms with van der Waals surface area (Å²) in [7, 11) is 0. The summed E-state index contributed by atoms with van der Waals surface area (Å²) in [5, 5.41) is 10.6. The number of ketones is 1. The molecule has 2 saturated carbocycles. The molecule has 11 nitrogen and oxygen atoms in total. The van der Waals surface area contributed by atoms with Crippen molar-refractivity contribution in [3.63, 3.8) is 0 Å². The second-order valence-electron chi connectivity index (χ2n) is 16.5. The first-order valence-electron chi connectivity index (χ1n) is 16.7. The Morgan fingerprint density at radius 2 is 1.72 bits per heavy atom. The number of Topliss-reactive ketones (excluding diaryl/α,β-unsaturated/α-hetero) is 1. The van der Waals surface area contributed by atoms with Gasteiger partial charge in [-0.1, -0.05) is 34.6 Å². The van der Waals surface area contributed by atoms with E-state index in [9.17, 15) is 33.9 Å². The van der Waals surface area contributed by atoms with Crippen molar-refractivity contribution >= 4 is 35.6 Å². The molecule has 0 amide bonds. The van der Waals surface area contributed by atoms with Crippen LogP contribution in [0.1, 0.15) is 120 Å². The molecule has 2 bridgehead atoms. The van der Waals surface area contributed by atoms with E-state index in [-0.39, 0.29) is 68.0 Å². The van der Waals surface area contributed by atoms with E-state index in [1.54, 1.807) is 27.7 Å². The van der Waals surface area contributed by atoms with E-state index in [0.29, 0.717) is 5.92 Å². The Labute approximate surface area is 278 Å². The molecule has 0 aromatic carbocycles. The maximum absolute atomic E-state index is 13.8. The van der Waals surface area contributed by atoms with Crippen molar-refractivity contribution in [3.05, 3.63) is 11.4 Å². The first-order chi connectivity index (χ1) is 21.5. The van der Waals surface area contributed by atoms with Crippen LogP contribution in [0.3, 0.4) is 0 Å². The van der Waals surface area contributed by atoms with Crippen molar-refractivity contribution in [1.82, 2.24) is 0 Å². The number of rotatable bonds is 16. The van der Waals surface area contributed by atoms with Gasteiger partial charge in [0.1, 0.15) is 11.9 Å². The van der Waals surface area contributed by atoms with Crippen LogP contribution < -0.4 is 0 Å². The van der Waals surface area contributed by atoms with E-state index < -0.39 is 63.8 Å². The van der Waals surface area contributed by atoms with Gasteiger partial charge in [0.2, 0.25) is 6.54 Å². The number of nitrogens with zero attached hydrogens (tertiary/aromatic N) is 1. The number of cyclic esters (lactones) is 2. The molecule has 7 atom stereocenters. The van der Waals surface area contributed by atoms with Crippen molar-refractivity contribution in [2.24, 2.45) is 44.3 Å². The summed E-state index contributed by atoms with van der Waals surface area (Å²) in [5.74, 6) is -4.85. The van der Waals surface area contributed by atoms with Gasteiger partial charge < -0.3 is 24.2 Å². The van der Waals surface area contributed by atoms with Gasteiger partial charge in [0.15, 0.2) is 6.61 Å². The van der Waals surface area contributed by atoms with Crippen LogP contribution in [0, 0.1) is 50.9 Å². The van der Waals surface area contributed by atoms with Crippen LogP contribution in [0.25, 0.3) is 4.85 Å². The highest BCUT2D eigenvalue weighted by molar-refractivity contribution is 5.98. The van der Waals surface area contributed by atoms with Gasteiger partial charge in [-0.15, -0.1) is 0 Å². The number of esters is 4. The predicted octanol–water partition coefficient (Wildman–Crippen LogP) is 5.97. The lowest BCUT2D eigenvalue weighted by Gasteiger charge is -2.43. The molecule has 3 fully saturated rings. The lowest BCUT2D eigenvalue weighted by Crippen LogP contribution is -2.47. The molecule has 0 spiro atoms. The quantitative estimate of drug-likeness (QED) is 0.0689. The maximum Gasteiger partial charge on any atom is 0.320 e. The lowest BCUT2D eigenvalue weighted by atomic mass is 9.59. The van der Waals surface area contributed by atoms with Crippen LogP contribution in [0.5, 0.6) is 0 Å². The van der Waals surface area contributed by atoms with E-state index in [4.69, 9.17) is 20.8 Å². The van der Waals surface area contributed by atoms with Crippen molar-refractivity contribution in [2.45, 2.75) is 126 Å². The summed E-state index contributed by atoms with van der Waals surface area (Å²) in [6.07, 6.45) is 1.60. The number of aliphatic carboxylic acids is 1. The molecule has 47 heavy (non-hydrogen) atoms. The number of carbonyl (C=O) groups excluding carboxylic acids is 5. The van der Waals surface area contributed by atoms with Crippen molar-refractivity contribution in [2.75, 3.05) is 13.2 Å². The standard InChI is InChI=1S/C36H53NO10/c1-11-23(27(40)45-15-14-37-10)17-36(18-26(39)47-30(36)44)21-34(8,28(41)42)20-33(7,22(2)38)19-31(3,4)29(43)46-25-16-24-12-13-35(25,9)32(24,5)6/h23-25H,11-21H2,1-9H3,(H,41,42). The third kappa shape index (κ3) is 7.26. The Bertz CT molecular complexity index is 1350. The number of carboxylic acids is 1. The molecule has 3 aliphatic rings. The number of carboxylic acid groups (broad SMARTS) is 1. The molecule has 0 aromatic rings. The lowest BCUT2D eigenvalue weighted by molar-refractivity contribution is -0.170. The van der Waals surface area contributed by atoms with Crippen LogP contribution >= 0.6 is 0 Å². The molecule has 1 aliphatic heterocycles. The third-order valence-electron chi connectivity index (χ3n) is 12.3. The summed E-state index contributed by atoms with van der Waals surface area (Å²) in [6.45, 7) is 22.9. The van der Waals surface area contributed by atoms with Gasteiger partial charge in [-0.2, -0.15) is 0 Å². The molecule has 0 radical (unpaired) electrons. The topological polar surface area (TPSA) is 155 Å². The van der Waals surface area contributed by atoms with Crippen molar-refractivity contribution < 1.29 is 48.1 Å². The van der Waals surface area contributed by atoms with Gasteiger partial charge in [-0.3, -0.25) is 28.8 Å². The van der Waals surface area contributed by atoms with Gasteiger partial charge in [0, 0.05) is 10.8 Å². The molecule has 1 saturated heterocycles. The Morgan fingerprint density at radius 1 is 1.09 bits per heavy atom. The predicted molar refractivity (Wildman–Crippen MR) is 170 cm³/mol. The van der Waals surface area contributed by atoms with Gasteiger partial charge in [0.25, 0.3) is 0 Å². The van der Waals surface area contributed by atoms with E-state index in [1.165, 1.54) is 13.8 Å². The number of hydrogen-bond donors (Lipinski definition) is 1. The molecule has 262 valence electrons. The van der Waals surface area contributed by atoms with Crippen LogP contribution in [-0.4, -0.2) is 60.0 Å². The molecule has 7 unspecified atom stereocenters. The fraction of sp³-hybridized carbons (Fsp3) is 0.806. The highest BCUT2D eigenvalue weighted by atomic mass is 16.6. The van der Waals surface area contributed by atoms with E-state index in [2.05, 4.69) is 25.6 Å². The molecule has 0 aromatic heterocycles. The summed E-state index contributed by atoms with van der Waals surface area (Å²) in [4.78, 5) is 81.9. The minimum atomic E-state index is -1.74. The number of hydrogen-bond acceptors (Lipinski definition) is 9. The zero-order valence-electron chi connectivity index (χ0n) is 29.6. The largest absolute Gasteiger partial charge is 0.481 e. The average molecular weight is 660 g/mol. The van der Waals surface area contributed by atoms with Crippen molar-refractivity contribution in [3.8, 4) is 0 Å². The second-order valence-corrected chi connectivity index (χ2v) is 16.5. The Kier molecular flexibility index (Phi) is 10.8. The number of ether oxygens (including phenoxy) is 3. The summed E-state index contributed by atoms with van der Waals surface area (Å²) < 4.78 is 16.3. The first kappa shape index (κ1) is 38.2. The van der Waals surface area contributed by atoms with Crippen LogP contribution in [0.2, 0.25) is 0 Å². The zero-order chi connectivity index (χ0) is 35.8. The number of carbonyl (C=O) groups is 6. The monoisotopic (exact) mass is 659 g/mol. The molecule has 1 N–H and O–H groups in total. The van der Waals surface area contributed by atoms with Gasteiger partial charge in [-0.05, 0) is 90.4 Å². The number of fused-ring (bicyclic) bond motifs is 2. The smallest absolute Gasteiger partial charge is 0.320 e. The highest BCUT2D eigenvalue weighted by Crippen LogP contribution is 2.66. The van der Waals surface area contributed by atoms with Gasteiger partial charge in [0.05, 0.1) is 28.6 Å². The fourth-order valence-electron chi connectivity index (χ4n) is 8.91. The molecule has 2 aliphatic carbocycles. The minimum Gasteiger partial charge on any atom is -0.481 e. The Balaban J connectivity index is 1.88. The van der Waals surface area contributed by atoms with Crippen LogP contribution in [0.15, 0.2) is 0 Å². The van der Waals surface area contributed by atoms with Crippen LogP contribution in [0.4, 0.5) is 0 Å². The Morgan fingerprint density at radius 3 is 2.17 bits per heavy atom. The maximum atomic E-state index is 13.8. The van der Waals surface area contributed by atoms with Crippen LogP contribution in [-0.2, 0) is 43.0 Å². The highest BCUT2D eigenvalue weighted by Gasteiger charge is 2.63. The van der Waals surface area contributed by atoms with Crippen molar-refractivity contribution in [1.29, 1.82) is 0 Å². The van der Waals surface area contributed by atoms with E-state index in [1.807, 2.05) is 0 Å². The summed E-state index contributed by atoms with van der Waals surface area (Å²) >= 11 is 0. The molecule has 3 rings (SSSR count). The Hall–Kier alpha value is -3.29. The average Bonchev–Trinajstić information content (AvgIpc) is 3.43. The molecular formula is C36H53NO10.